The molecule has 1 aromatic heterocycles. The summed E-state index contributed by atoms with van der Waals surface area (Å²) < 4.78 is 23.5. The summed E-state index contributed by atoms with van der Waals surface area (Å²) in [7, 11) is 1.60. The van der Waals surface area contributed by atoms with Crippen LogP contribution in [0.4, 0.5) is 4.39 Å². The zero-order valence-electron chi connectivity index (χ0n) is 13.0. The lowest BCUT2D eigenvalue weighted by atomic mass is 10.1. The van der Waals surface area contributed by atoms with Crippen molar-refractivity contribution in [2.24, 2.45) is 0 Å². The summed E-state index contributed by atoms with van der Waals surface area (Å²) in [5.41, 5.74) is 1.69. The molecular weight excluding hydrogens is 311 g/mol. The fourth-order valence-electron chi connectivity index (χ4n) is 2.19. The highest BCUT2D eigenvalue weighted by molar-refractivity contribution is 5.94. The topological polar surface area (TPSA) is 64.4 Å². The van der Waals surface area contributed by atoms with E-state index in [0.717, 1.165) is 11.3 Å². The fraction of sp³-hybridized carbons (Fsp3) is 0.111. The van der Waals surface area contributed by atoms with Crippen LogP contribution in [-0.2, 0) is 6.54 Å². The van der Waals surface area contributed by atoms with Gasteiger partial charge in [-0.25, -0.2) is 4.39 Å². The number of carbonyl (C=O) groups excluding carboxylic acids is 1. The zero-order chi connectivity index (χ0) is 16.9. The molecule has 0 saturated heterocycles. The number of carbonyl (C=O) groups is 1. The second-order valence-electron chi connectivity index (χ2n) is 5.10. The molecule has 0 spiro atoms. The number of aromatic nitrogens is 1. The second-order valence-corrected chi connectivity index (χ2v) is 5.10. The van der Waals surface area contributed by atoms with E-state index in [1.807, 2.05) is 24.3 Å². The minimum absolute atomic E-state index is 0.189. The third-order valence-electron chi connectivity index (χ3n) is 3.45. The number of halogens is 1. The molecule has 122 valence electrons. The van der Waals surface area contributed by atoms with Crippen molar-refractivity contribution in [1.29, 1.82) is 0 Å². The molecule has 1 heterocycles. The first-order valence-electron chi connectivity index (χ1n) is 7.29. The largest absolute Gasteiger partial charge is 0.497 e. The van der Waals surface area contributed by atoms with Crippen LogP contribution in [0.1, 0.15) is 16.1 Å². The van der Waals surface area contributed by atoms with Gasteiger partial charge in [-0.1, -0.05) is 11.2 Å². The molecule has 24 heavy (non-hydrogen) atoms. The molecule has 6 heteroatoms. The average molecular weight is 326 g/mol. The predicted octanol–water partition coefficient (Wildman–Crippen LogP) is 3.42. The molecule has 1 amide bonds. The Bertz CT molecular complexity index is 843. The third kappa shape index (κ3) is 3.60. The van der Waals surface area contributed by atoms with Crippen LogP contribution < -0.4 is 10.1 Å². The van der Waals surface area contributed by atoms with Gasteiger partial charge in [0.2, 0.25) is 0 Å². The van der Waals surface area contributed by atoms with Crippen LogP contribution in [0.15, 0.2) is 59.1 Å². The van der Waals surface area contributed by atoms with Gasteiger partial charge in [-0.3, -0.25) is 4.79 Å². The van der Waals surface area contributed by atoms with Crippen molar-refractivity contribution in [2.45, 2.75) is 6.54 Å². The van der Waals surface area contributed by atoms with E-state index >= 15 is 0 Å². The Labute approximate surface area is 138 Å². The molecule has 0 aliphatic carbocycles. The molecule has 3 aromatic rings. The van der Waals surface area contributed by atoms with Crippen LogP contribution in [-0.4, -0.2) is 18.2 Å². The summed E-state index contributed by atoms with van der Waals surface area (Å²) in [5.74, 6) is 0.517. The van der Waals surface area contributed by atoms with Crippen LogP contribution >= 0.6 is 0 Å². The van der Waals surface area contributed by atoms with Crippen molar-refractivity contribution < 1.29 is 18.4 Å². The van der Waals surface area contributed by atoms with Crippen LogP contribution in [0.3, 0.4) is 0 Å². The maximum Gasteiger partial charge on any atom is 0.251 e. The summed E-state index contributed by atoms with van der Waals surface area (Å²) in [6.45, 7) is 0.189. The molecule has 0 aliphatic rings. The van der Waals surface area contributed by atoms with Gasteiger partial charge >= 0.3 is 0 Å². The Hall–Kier alpha value is -3.15. The van der Waals surface area contributed by atoms with E-state index in [2.05, 4.69) is 10.5 Å². The number of amides is 1. The van der Waals surface area contributed by atoms with Gasteiger partial charge in [0.15, 0.2) is 5.76 Å². The number of methoxy groups -OCH3 is 1. The van der Waals surface area contributed by atoms with Crippen LogP contribution in [0, 0.1) is 5.82 Å². The molecule has 0 atom stereocenters. The third-order valence-corrected chi connectivity index (χ3v) is 3.45. The van der Waals surface area contributed by atoms with Crippen molar-refractivity contribution in [1.82, 2.24) is 10.5 Å². The Kier molecular flexibility index (Phi) is 4.56. The summed E-state index contributed by atoms with van der Waals surface area (Å²) in [6.07, 6.45) is 0. The summed E-state index contributed by atoms with van der Waals surface area (Å²) in [4.78, 5) is 12.0. The first-order chi connectivity index (χ1) is 11.7. The van der Waals surface area contributed by atoms with E-state index in [1.165, 1.54) is 18.2 Å². The van der Waals surface area contributed by atoms with Gasteiger partial charge in [-0.05, 0) is 42.5 Å². The molecule has 0 aliphatic heterocycles. The smallest absolute Gasteiger partial charge is 0.251 e. The van der Waals surface area contributed by atoms with Crippen LogP contribution in [0.2, 0.25) is 0 Å². The SMILES string of the molecule is COc1ccc(-c2cc(CNC(=O)c3cccc(F)c3)no2)cc1. The minimum atomic E-state index is -0.453. The average Bonchev–Trinajstić information content (AvgIpc) is 3.09. The van der Waals surface area contributed by atoms with Crippen LogP contribution in [0.5, 0.6) is 5.75 Å². The number of benzene rings is 2. The van der Waals surface area contributed by atoms with Crippen LogP contribution in [0.25, 0.3) is 11.3 Å². The number of ether oxygens (including phenoxy) is 1. The normalized spacial score (nSPS) is 10.4. The first-order valence-corrected chi connectivity index (χ1v) is 7.29. The van der Waals surface area contributed by atoms with Crippen molar-refractivity contribution in [3.8, 4) is 17.1 Å². The van der Waals surface area contributed by atoms with E-state index in [4.69, 9.17) is 9.26 Å². The molecule has 0 fully saturated rings. The zero-order valence-corrected chi connectivity index (χ0v) is 13.0. The summed E-state index contributed by atoms with van der Waals surface area (Å²) >= 11 is 0. The molecule has 0 saturated carbocycles. The van der Waals surface area contributed by atoms with E-state index in [1.54, 1.807) is 19.2 Å². The minimum Gasteiger partial charge on any atom is -0.497 e. The van der Waals surface area contributed by atoms with Gasteiger partial charge in [0, 0.05) is 17.2 Å². The molecule has 5 nitrogen and oxygen atoms in total. The summed E-state index contributed by atoms with van der Waals surface area (Å²) in [5, 5.41) is 6.60. The molecule has 1 N–H and O–H groups in total. The number of nitrogens with one attached hydrogen (secondary N) is 1. The highest BCUT2D eigenvalue weighted by atomic mass is 19.1. The molecular formula is C18H15FN2O3. The van der Waals surface area contributed by atoms with Gasteiger partial charge in [0.1, 0.15) is 17.3 Å². The van der Waals surface area contributed by atoms with Crippen molar-refractivity contribution in [2.75, 3.05) is 7.11 Å². The number of hydrogen-bond donors (Lipinski definition) is 1. The molecule has 0 unspecified atom stereocenters. The maximum atomic E-state index is 13.1. The Morgan fingerprint density at radius 1 is 1.21 bits per heavy atom. The van der Waals surface area contributed by atoms with Gasteiger partial charge in [0.05, 0.1) is 13.7 Å². The lowest BCUT2D eigenvalue weighted by Crippen LogP contribution is -2.22. The number of nitrogens with zero attached hydrogens (tertiary/aromatic N) is 1. The second kappa shape index (κ2) is 6.95. The van der Waals surface area contributed by atoms with Crippen molar-refractivity contribution in [3.63, 3.8) is 0 Å². The number of hydrogen-bond acceptors (Lipinski definition) is 4. The Balaban J connectivity index is 1.64. The highest BCUT2D eigenvalue weighted by Gasteiger charge is 2.10. The maximum absolute atomic E-state index is 13.1. The van der Waals surface area contributed by atoms with E-state index < -0.39 is 5.82 Å². The van der Waals surface area contributed by atoms with Gasteiger partial charge in [-0.15, -0.1) is 0 Å². The highest BCUT2D eigenvalue weighted by Crippen LogP contribution is 2.23. The standard InChI is InChI=1S/C18H15FN2O3/c1-23-16-7-5-12(6-8-16)17-10-15(21-24-17)11-20-18(22)13-3-2-4-14(19)9-13/h2-10H,11H2,1H3,(H,20,22). The first kappa shape index (κ1) is 15.7. The predicted molar refractivity (Wildman–Crippen MR) is 86.1 cm³/mol. The molecule has 0 bridgehead atoms. The Morgan fingerprint density at radius 2 is 2.00 bits per heavy atom. The molecule has 3 rings (SSSR count). The van der Waals surface area contributed by atoms with E-state index in [0.29, 0.717) is 11.5 Å². The van der Waals surface area contributed by atoms with Crippen molar-refractivity contribution >= 4 is 5.91 Å². The van der Waals surface area contributed by atoms with Gasteiger partial charge < -0.3 is 14.6 Å². The van der Waals surface area contributed by atoms with Gasteiger partial charge in [0.25, 0.3) is 5.91 Å². The quantitative estimate of drug-likeness (QED) is 0.780. The lowest BCUT2D eigenvalue weighted by molar-refractivity contribution is 0.0949. The van der Waals surface area contributed by atoms with Crippen molar-refractivity contribution in [3.05, 3.63) is 71.7 Å². The van der Waals surface area contributed by atoms with E-state index in [-0.39, 0.29) is 18.0 Å². The monoisotopic (exact) mass is 326 g/mol. The summed E-state index contributed by atoms with van der Waals surface area (Å²) in [6, 6.07) is 14.6. The lowest BCUT2D eigenvalue weighted by Gasteiger charge is -2.02. The fourth-order valence-corrected chi connectivity index (χ4v) is 2.19. The Morgan fingerprint density at radius 3 is 2.71 bits per heavy atom. The molecule has 2 aromatic carbocycles. The van der Waals surface area contributed by atoms with E-state index in [9.17, 15) is 9.18 Å². The number of rotatable bonds is 5. The molecule has 0 radical (unpaired) electrons. The van der Waals surface area contributed by atoms with Gasteiger partial charge in [-0.2, -0.15) is 0 Å².